The van der Waals surface area contributed by atoms with Crippen molar-refractivity contribution in [1.29, 1.82) is 0 Å². The van der Waals surface area contributed by atoms with E-state index >= 15 is 0 Å². The number of nitrogens with two attached hydrogens (primary N) is 1. The van der Waals surface area contributed by atoms with Crippen molar-refractivity contribution in [3.8, 4) is 5.75 Å². The zero-order valence-corrected chi connectivity index (χ0v) is 11.0. The summed E-state index contributed by atoms with van der Waals surface area (Å²) in [7, 11) is 1.71. The summed E-state index contributed by atoms with van der Waals surface area (Å²) in [4.78, 5) is 11.0. The molecule has 0 amide bonds. The van der Waals surface area contributed by atoms with E-state index in [-0.39, 0.29) is 23.5 Å². The first-order valence-electron chi connectivity index (χ1n) is 6.42. The molecule has 0 aliphatic heterocycles. The van der Waals surface area contributed by atoms with E-state index in [2.05, 4.69) is 0 Å². The summed E-state index contributed by atoms with van der Waals surface area (Å²) in [6.45, 7) is 0. The van der Waals surface area contributed by atoms with Crippen molar-refractivity contribution in [1.82, 2.24) is 0 Å². The largest absolute Gasteiger partial charge is 0.490 e. The van der Waals surface area contributed by atoms with Crippen molar-refractivity contribution in [3.63, 3.8) is 0 Å². The van der Waals surface area contributed by atoms with Crippen LogP contribution in [-0.2, 0) is 4.74 Å². The molecule has 19 heavy (non-hydrogen) atoms. The number of hydrogen-bond acceptors (Lipinski definition) is 4. The van der Waals surface area contributed by atoms with Crippen LogP contribution in [0.5, 0.6) is 5.75 Å². The maximum absolute atomic E-state index is 11.0. The van der Waals surface area contributed by atoms with Crippen LogP contribution >= 0.6 is 0 Å². The molecular formula is C14H19NO4. The van der Waals surface area contributed by atoms with Gasteiger partial charge in [0.05, 0.1) is 11.7 Å². The molecule has 3 N–H and O–H groups in total. The molecule has 2 unspecified atom stereocenters. The standard InChI is InChI=1S/C14H19NO4/c1-18-9-3-2-4-10(7-9)19-11-5-6-13(15)12(8-11)14(16)17/h5-6,8-10H,2-4,7,15H2,1H3,(H,16,17). The Morgan fingerprint density at radius 1 is 1.37 bits per heavy atom. The van der Waals surface area contributed by atoms with Crippen molar-refractivity contribution >= 4 is 11.7 Å². The van der Waals surface area contributed by atoms with Gasteiger partial charge in [0, 0.05) is 19.2 Å². The van der Waals surface area contributed by atoms with Crippen LogP contribution in [0.2, 0.25) is 0 Å². The molecule has 5 nitrogen and oxygen atoms in total. The van der Waals surface area contributed by atoms with E-state index in [0.29, 0.717) is 5.75 Å². The van der Waals surface area contributed by atoms with Crippen LogP contribution in [-0.4, -0.2) is 30.4 Å². The second-order valence-corrected chi connectivity index (χ2v) is 4.82. The fourth-order valence-electron chi connectivity index (χ4n) is 2.41. The molecule has 0 saturated heterocycles. The van der Waals surface area contributed by atoms with Gasteiger partial charge < -0.3 is 20.3 Å². The number of ether oxygens (including phenoxy) is 2. The van der Waals surface area contributed by atoms with Crippen molar-refractivity contribution in [2.24, 2.45) is 0 Å². The van der Waals surface area contributed by atoms with E-state index in [1.807, 2.05) is 0 Å². The molecule has 1 aliphatic carbocycles. The average molecular weight is 265 g/mol. The molecule has 1 saturated carbocycles. The lowest BCUT2D eigenvalue weighted by Gasteiger charge is -2.28. The fourth-order valence-corrected chi connectivity index (χ4v) is 2.41. The third-order valence-corrected chi connectivity index (χ3v) is 3.47. The number of carboxylic acid groups (broad SMARTS) is 1. The number of carbonyl (C=O) groups is 1. The summed E-state index contributed by atoms with van der Waals surface area (Å²) < 4.78 is 11.2. The summed E-state index contributed by atoms with van der Waals surface area (Å²) in [5.74, 6) is -0.491. The molecule has 2 atom stereocenters. The maximum atomic E-state index is 11.0. The van der Waals surface area contributed by atoms with Gasteiger partial charge in [-0.25, -0.2) is 4.79 Å². The zero-order valence-electron chi connectivity index (χ0n) is 11.0. The third-order valence-electron chi connectivity index (χ3n) is 3.47. The monoisotopic (exact) mass is 265 g/mol. The number of aromatic carboxylic acids is 1. The predicted molar refractivity (Wildman–Crippen MR) is 71.5 cm³/mol. The van der Waals surface area contributed by atoms with Crippen LogP contribution in [0.25, 0.3) is 0 Å². The molecule has 0 bridgehead atoms. The first-order valence-corrected chi connectivity index (χ1v) is 6.42. The number of nitrogen functional groups attached to an aromatic ring is 1. The average Bonchev–Trinajstić information content (AvgIpc) is 2.41. The summed E-state index contributed by atoms with van der Waals surface area (Å²) in [5.41, 5.74) is 5.94. The summed E-state index contributed by atoms with van der Waals surface area (Å²) in [6, 6.07) is 4.75. The normalized spacial score (nSPS) is 23.0. The number of anilines is 1. The minimum atomic E-state index is -1.04. The number of hydrogen-bond donors (Lipinski definition) is 2. The Hall–Kier alpha value is -1.75. The quantitative estimate of drug-likeness (QED) is 0.816. The van der Waals surface area contributed by atoms with Gasteiger partial charge in [-0.3, -0.25) is 0 Å². The van der Waals surface area contributed by atoms with Gasteiger partial charge in [0.2, 0.25) is 0 Å². The molecule has 1 aromatic carbocycles. The lowest BCUT2D eigenvalue weighted by atomic mass is 9.95. The summed E-state index contributed by atoms with van der Waals surface area (Å²) in [5, 5.41) is 9.02. The first kappa shape index (κ1) is 13.7. The Bertz CT molecular complexity index is 461. The summed E-state index contributed by atoms with van der Waals surface area (Å²) >= 11 is 0. The Labute approximate surface area is 112 Å². The number of benzene rings is 1. The molecule has 0 aromatic heterocycles. The van der Waals surface area contributed by atoms with E-state index in [4.69, 9.17) is 20.3 Å². The van der Waals surface area contributed by atoms with Crippen molar-refractivity contribution < 1.29 is 19.4 Å². The number of carboxylic acids is 1. The molecule has 104 valence electrons. The van der Waals surface area contributed by atoms with E-state index in [1.54, 1.807) is 19.2 Å². The number of rotatable bonds is 4. The highest BCUT2D eigenvalue weighted by Crippen LogP contribution is 2.27. The minimum Gasteiger partial charge on any atom is -0.490 e. The molecule has 0 heterocycles. The van der Waals surface area contributed by atoms with Crippen LogP contribution < -0.4 is 10.5 Å². The minimum absolute atomic E-state index is 0.0731. The molecule has 0 spiro atoms. The van der Waals surface area contributed by atoms with Gasteiger partial charge in [0.15, 0.2) is 0 Å². The predicted octanol–water partition coefficient (Wildman–Crippen LogP) is 2.30. The first-order chi connectivity index (χ1) is 9.10. The summed E-state index contributed by atoms with van der Waals surface area (Å²) in [6.07, 6.45) is 4.22. The van der Waals surface area contributed by atoms with Crippen LogP contribution in [0.3, 0.4) is 0 Å². The Kier molecular flexibility index (Phi) is 4.27. The van der Waals surface area contributed by atoms with Gasteiger partial charge in [0.25, 0.3) is 0 Å². The van der Waals surface area contributed by atoms with Gasteiger partial charge >= 0.3 is 5.97 Å². The van der Waals surface area contributed by atoms with Crippen LogP contribution in [0.4, 0.5) is 5.69 Å². The topological polar surface area (TPSA) is 81.8 Å². The van der Waals surface area contributed by atoms with E-state index in [9.17, 15) is 4.79 Å². The molecule has 2 rings (SSSR count). The van der Waals surface area contributed by atoms with Gasteiger partial charge in [-0.15, -0.1) is 0 Å². The Morgan fingerprint density at radius 2 is 2.11 bits per heavy atom. The van der Waals surface area contributed by atoms with Gasteiger partial charge in [-0.1, -0.05) is 0 Å². The maximum Gasteiger partial charge on any atom is 0.337 e. The smallest absolute Gasteiger partial charge is 0.337 e. The van der Waals surface area contributed by atoms with Crippen molar-refractivity contribution in [3.05, 3.63) is 23.8 Å². The lowest BCUT2D eigenvalue weighted by molar-refractivity contribution is 0.0209. The van der Waals surface area contributed by atoms with E-state index < -0.39 is 5.97 Å². The third kappa shape index (κ3) is 3.38. The molecule has 1 aliphatic rings. The van der Waals surface area contributed by atoms with Gasteiger partial charge in [-0.05, 0) is 37.5 Å². The second-order valence-electron chi connectivity index (χ2n) is 4.82. The van der Waals surface area contributed by atoms with Gasteiger partial charge in [-0.2, -0.15) is 0 Å². The molecular weight excluding hydrogens is 246 g/mol. The van der Waals surface area contributed by atoms with Gasteiger partial charge in [0.1, 0.15) is 11.9 Å². The molecule has 1 aromatic rings. The van der Waals surface area contributed by atoms with Crippen molar-refractivity contribution in [2.75, 3.05) is 12.8 Å². The highest BCUT2D eigenvalue weighted by molar-refractivity contribution is 5.94. The van der Waals surface area contributed by atoms with Crippen LogP contribution in [0.1, 0.15) is 36.0 Å². The highest BCUT2D eigenvalue weighted by atomic mass is 16.5. The van der Waals surface area contributed by atoms with E-state index in [1.165, 1.54) is 6.07 Å². The SMILES string of the molecule is COC1CCCC(Oc2ccc(N)c(C(=O)O)c2)C1. The van der Waals surface area contributed by atoms with Crippen molar-refractivity contribution in [2.45, 2.75) is 37.9 Å². The molecule has 5 heteroatoms. The Morgan fingerprint density at radius 3 is 2.79 bits per heavy atom. The van der Waals surface area contributed by atoms with Crippen LogP contribution in [0.15, 0.2) is 18.2 Å². The van der Waals surface area contributed by atoms with E-state index in [0.717, 1.165) is 25.7 Å². The lowest BCUT2D eigenvalue weighted by Crippen LogP contribution is -2.29. The number of methoxy groups -OCH3 is 1. The molecule has 0 radical (unpaired) electrons. The second kappa shape index (κ2) is 5.93. The zero-order chi connectivity index (χ0) is 13.8. The highest BCUT2D eigenvalue weighted by Gasteiger charge is 2.23. The molecule has 1 fully saturated rings. The fraction of sp³-hybridized carbons (Fsp3) is 0.500. The Balaban J connectivity index is 2.06. The van der Waals surface area contributed by atoms with Crippen LogP contribution in [0, 0.1) is 0 Å².